The summed E-state index contributed by atoms with van der Waals surface area (Å²) in [5.41, 5.74) is -0.398. The van der Waals surface area contributed by atoms with Crippen LogP contribution in [0.4, 0.5) is 19.1 Å². The van der Waals surface area contributed by atoms with E-state index in [1.54, 1.807) is 18.2 Å². The largest absolute Gasteiger partial charge is 0.504 e. The van der Waals surface area contributed by atoms with Crippen molar-refractivity contribution in [3.63, 3.8) is 0 Å². The lowest BCUT2D eigenvalue weighted by Crippen LogP contribution is -2.08. The lowest BCUT2D eigenvalue weighted by molar-refractivity contribution is -0.137. The molecular weight excluding hydrogens is 426 g/mol. The number of benzene rings is 2. The van der Waals surface area contributed by atoms with Crippen LogP contribution in [0, 0.1) is 0 Å². The van der Waals surface area contributed by atoms with E-state index in [1.165, 1.54) is 18.2 Å². The summed E-state index contributed by atoms with van der Waals surface area (Å²) in [6.45, 7) is 0. The molecule has 0 unspecified atom stereocenters. The number of halogens is 5. The molecule has 4 rings (SSSR count). The topological polar surface area (TPSA) is 45.4 Å². The molecule has 0 aliphatic heterocycles. The maximum atomic E-state index is 13.6. The molecule has 2 N–H and O–H groups in total. The summed E-state index contributed by atoms with van der Waals surface area (Å²) in [5.74, 6) is -0.111. The van der Waals surface area contributed by atoms with Crippen LogP contribution in [-0.2, 0) is 12.6 Å². The summed E-state index contributed by atoms with van der Waals surface area (Å²) in [7, 11) is 0. The van der Waals surface area contributed by atoms with Crippen LogP contribution >= 0.6 is 23.2 Å². The molecule has 2 aromatic carbocycles. The van der Waals surface area contributed by atoms with E-state index in [4.69, 9.17) is 27.6 Å². The van der Waals surface area contributed by atoms with Crippen LogP contribution in [0.25, 0.3) is 11.1 Å². The van der Waals surface area contributed by atoms with Crippen molar-refractivity contribution in [2.75, 3.05) is 5.32 Å². The number of alkyl halides is 3. The van der Waals surface area contributed by atoms with E-state index >= 15 is 0 Å². The van der Waals surface area contributed by atoms with Gasteiger partial charge < -0.3 is 14.8 Å². The van der Waals surface area contributed by atoms with Gasteiger partial charge in [-0.2, -0.15) is 13.2 Å². The van der Waals surface area contributed by atoms with Gasteiger partial charge in [0, 0.05) is 18.0 Å². The minimum atomic E-state index is -4.58. The van der Waals surface area contributed by atoms with Crippen LogP contribution in [0.3, 0.4) is 0 Å². The molecule has 0 bridgehead atoms. The van der Waals surface area contributed by atoms with E-state index in [9.17, 15) is 18.3 Å². The summed E-state index contributed by atoms with van der Waals surface area (Å²) in [5, 5.41) is 14.6. The highest BCUT2D eigenvalue weighted by molar-refractivity contribution is 6.42. The van der Waals surface area contributed by atoms with E-state index in [2.05, 4.69) is 5.32 Å². The van der Waals surface area contributed by atoms with Crippen LogP contribution in [0.2, 0.25) is 10.0 Å². The minimum Gasteiger partial charge on any atom is -0.504 e. The van der Waals surface area contributed by atoms with Gasteiger partial charge in [0.25, 0.3) is 0 Å². The molecule has 0 radical (unpaired) electrons. The van der Waals surface area contributed by atoms with Gasteiger partial charge in [0.1, 0.15) is 0 Å². The first kappa shape index (κ1) is 20.0. The smallest absolute Gasteiger partial charge is 0.417 e. The summed E-state index contributed by atoms with van der Waals surface area (Å²) in [6.07, 6.45) is -2.72. The number of hydrogen-bond acceptors (Lipinski definition) is 3. The standard InChI is InChI=1S/C21H16Cl2F3NO2/c22-15-7-3-4-11(18(15)23)10-16-19(28)17(20(29-16)27-12-8-9-12)13-5-1-2-6-14(13)21(24,25)26/h1-7,12,27-28H,8-10H2. The van der Waals surface area contributed by atoms with Crippen molar-refractivity contribution in [2.24, 2.45) is 0 Å². The molecule has 8 heteroatoms. The Bertz CT molecular complexity index is 1060. The Morgan fingerprint density at radius 1 is 1.07 bits per heavy atom. The predicted octanol–water partition coefficient (Wildman–Crippen LogP) is 7.14. The Balaban J connectivity index is 1.83. The number of aromatic hydroxyl groups is 1. The maximum Gasteiger partial charge on any atom is 0.417 e. The lowest BCUT2D eigenvalue weighted by atomic mass is 9.99. The van der Waals surface area contributed by atoms with Crippen molar-refractivity contribution in [2.45, 2.75) is 31.5 Å². The van der Waals surface area contributed by atoms with Gasteiger partial charge in [-0.05, 0) is 30.5 Å². The average molecular weight is 442 g/mol. The fourth-order valence-electron chi connectivity index (χ4n) is 3.16. The lowest BCUT2D eigenvalue weighted by Gasteiger charge is -2.13. The molecule has 1 fully saturated rings. The van der Waals surface area contributed by atoms with Gasteiger partial charge in [0.15, 0.2) is 11.5 Å². The molecule has 1 aliphatic carbocycles. The first-order chi connectivity index (χ1) is 13.8. The second kappa shape index (κ2) is 7.50. The molecule has 3 aromatic rings. The first-order valence-electron chi connectivity index (χ1n) is 8.96. The maximum absolute atomic E-state index is 13.6. The van der Waals surface area contributed by atoms with E-state index in [-0.39, 0.29) is 41.0 Å². The molecule has 1 heterocycles. The normalized spacial score (nSPS) is 14.2. The Hall–Kier alpha value is -2.31. The average Bonchev–Trinajstić information content (AvgIpc) is 3.43. The van der Waals surface area contributed by atoms with Crippen molar-refractivity contribution in [3.05, 3.63) is 69.4 Å². The Kier molecular flexibility index (Phi) is 5.17. The highest BCUT2D eigenvalue weighted by Crippen LogP contribution is 2.48. The highest BCUT2D eigenvalue weighted by Gasteiger charge is 2.37. The molecular formula is C21H16Cl2F3NO2. The van der Waals surface area contributed by atoms with Crippen LogP contribution in [0.1, 0.15) is 29.7 Å². The van der Waals surface area contributed by atoms with Gasteiger partial charge in [0.2, 0.25) is 5.88 Å². The fraction of sp³-hybridized carbons (Fsp3) is 0.238. The molecule has 1 aromatic heterocycles. The molecule has 29 heavy (non-hydrogen) atoms. The molecule has 0 amide bonds. The molecule has 152 valence electrons. The first-order valence-corrected chi connectivity index (χ1v) is 9.72. The molecule has 0 atom stereocenters. The molecule has 1 saturated carbocycles. The summed E-state index contributed by atoms with van der Waals surface area (Å²) < 4.78 is 46.5. The molecule has 3 nitrogen and oxygen atoms in total. The van der Waals surface area contributed by atoms with Gasteiger partial charge in [-0.15, -0.1) is 0 Å². The van der Waals surface area contributed by atoms with E-state index in [1.807, 2.05) is 0 Å². The Morgan fingerprint density at radius 3 is 2.48 bits per heavy atom. The quantitative estimate of drug-likeness (QED) is 0.441. The molecule has 1 aliphatic rings. The Labute approximate surface area is 175 Å². The van der Waals surface area contributed by atoms with E-state index in [0.29, 0.717) is 15.6 Å². The molecule has 0 saturated heterocycles. The van der Waals surface area contributed by atoms with Crippen LogP contribution in [0.15, 0.2) is 46.9 Å². The molecule has 0 spiro atoms. The summed E-state index contributed by atoms with van der Waals surface area (Å²) >= 11 is 12.3. The van der Waals surface area contributed by atoms with Crippen molar-refractivity contribution in [1.82, 2.24) is 0 Å². The second-order valence-electron chi connectivity index (χ2n) is 6.93. The third kappa shape index (κ3) is 4.05. The van der Waals surface area contributed by atoms with Crippen molar-refractivity contribution in [1.29, 1.82) is 0 Å². The van der Waals surface area contributed by atoms with Crippen molar-refractivity contribution < 1.29 is 22.7 Å². The Morgan fingerprint density at radius 2 is 1.79 bits per heavy atom. The van der Waals surface area contributed by atoms with Gasteiger partial charge in [-0.1, -0.05) is 53.5 Å². The van der Waals surface area contributed by atoms with Crippen molar-refractivity contribution >= 4 is 29.1 Å². The predicted molar refractivity (Wildman–Crippen MR) is 107 cm³/mol. The zero-order valence-corrected chi connectivity index (χ0v) is 16.5. The third-order valence-corrected chi connectivity index (χ3v) is 5.61. The number of anilines is 1. The fourth-order valence-corrected chi connectivity index (χ4v) is 3.55. The van der Waals surface area contributed by atoms with Crippen LogP contribution < -0.4 is 5.32 Å². The summed E-state index contributed by atoms with van der Waals surface area (Å²) in [6, 6.07) is 10.3. The third-order valence-electron chi connectivity index (χ3n) is 4.75. The van der Waals surface area contributed by atoms with Gasteiger partial charge in [0.05, 0.1) is 21.2 Å². The van der Waals surface area contributed by atoms with E-state index in [0.717, 1.165) is 18.9 Å². The van der Waals surface area contributed by atoms with Gasteiger partial charge in [-0.25, -0.2) is 0 Å². The van der Waals surface area contributed by atoms with Crippen LogP contribution in [-0.4, -0.2) is 11.1 Å². The van der Waals surface area contributed by atoms with Crippen molar-refractivity contribution in [3.8, 4) is 16.9 Å². The van der Waals surface area contributed by atoms with E-state index < -0.39 is 11.7 Å². The second-order valence-corrected chi connectivity index (χ2v) is 7.71. The van der Waals surface area contributed by atoms with Crippen LogP contribution in [0.5, 0.6) is 5.75 Å². The number of furan rings is 1. The zero-order chi connectivity index (χ0) is 20.8. The highest BCUT2D eigenvalue weighted by atomic mass is 35.5. The SMILES string of the molecule is Oc1c(Cc2cccc(Cl)c2Cl)oc(NC2CC2)c1-c1ccccc1C(F)(F)F. The van der Waals surface area contributed by atoms with Gasteiger partial charge >= 0.3 is 6.18 Å². The zero-order valence-electron chi connectivity index (χ0n) is 15.0. The number of hydrogen-bond donors (Lipinski definition) is 2. The monoisotopic (exact) mass is 441 g/mol. The van der Waals surface area contributed by atoms with Gasteiger partial charge in [-0.3, -0.25) is 0 Å². The minimum absolute atomic E-state index is 0.00187. The number of nitrogens with one attached hydrogen (secondary N) is 1. The summed E-state index contributed by atoms with van der Waals surface area (Å²) in [4.78, 5) is 0. The number of rotatable bonds is 5.